The summed E-state index contributed by atoms with van der Waals surface area (Å²) >= 11 is 2.33. The quantitative estimate of drug-likeness (QED) is 0.752. The molecule has 0 spiro atoms. The van der Waals surface area contributed by atoms with Crippen molar-refractivity contribution in [1.29, 1.82) is 0 Å². The second-order valence-electron chi connectivity index (χ2n) is 2.49. The molecule has 0 heterocycles. The molecular formula is C8H12INO. The Morgan fingerprint density at radius 2 is 2.55 bits per heavy atom. The van der Waals surface area contributed by atoms with Crippen molar-refractivity contribution in [1.82, 2.24) is 5.32 Å². The maximum atomic E-state index is 8.56. The average molecular weight is 265 g/mol. The zero-order chi connectivity index (χ0) is 8.10. The lowest BCUT2D eigenvalue weighted by Gasteiger charge is -2.16. The molecule has 0 saturated heterocycles. The molecule has 0 aromatic rings. The van der Waals surface area contributed by atoms with Gasteiger partial charge in [-0.25, -0.2) is 0 Å². The van der Waals surface area contributed by atoms with Crippen LogP contribution >= 0.6 is 22.6 Å². The van der Waals surface area contributed by atoms with Crippen molar-refractivity contribution in [3.8, 4) is 0 Å². The summed E-state index contributed by atoms with van der Waals surface area (Å²) in [6.07, 6.45) is 7.34. The van der Waals surface area contributed by atoms with Crippen LogP contribution in [0.5, 0.6) is 0 Å². The largest absolute Gasteiger partial charge is 0.395 e. The minimum atomic E-state index is 0.213. The van der Waals surface area contributed by atoms with Crippen molar-refractivity contribution in [3.63, 3.8) is 0 Å². The van der Waals surface area contributed by atoms with Gasteiger partial charge >= 0.3 is 0 Å². The number of aliphatic hydroxyl groups excluding tert-OH is 1. The van der Waals surface area contributed by atoms with Crippen molar-refractivity contribution in [2.45, 2.75) is 12.5 Å². The van der Waals surface area contributed by atoms with Gasteiger partial charge in [0.05, 0.1) is 6.61 Å². The van der Waals surface area contributed by atoms with E-state index < -0.39 is 0 Å². The minimum Gasteiger partial charge on any atom is -0.395 e. The van der Waals surface area contributed by atoms with E-state index in [-0.39, 0.29) is 6.61 Å². The summed E-state index contributed by atoms with van der Waals surface area (Å²) in [6.45, 7) is 0.892. The van der Waals surface area contributed by atoms with Gasteiger partial charge < -0.3 is 10.4 Å². The highest BCUT2D eigenvalue weighted by Gasteiger charge is 2.07. The minimum absolute atomic E-state index is 0.213. The van der Waals surface area contributed by atoms with E-state index in [1.54, 1.807) is 0 Å². The van der Waals surface area contributed by atoms with Gasteiger partial charge in [0, 0.05) is 12.6 Å². The highest BCUT2D eigenvalue weighted by molar-refractivity contribution is 14.1. The topological polar surface area (TPSA) is 32.3 Å². The van der Waals surface area contributed by atoms with Crippen LogP contribution in [0, 0.1) is 0 Å². The number of nitrogens with one attached hydrogen (secondary N) is 1. The van der Waals surface area contributed by atoms with E-state index >= 15 is 0 Å². The van der Waals surface area contributed by atoms with Gasteiger partial charge in [-0.2, -0.15) is 0 Å². The molecule has 0 fully saturated rings. The molecule has 1 atom stereocenters. The van der Waals surface area contributed by atoms with Crippen LogP contribution in [0.1, 0.15) is 6.42 Å². The molecule has 0 amide bonds. The average Bonchev–Trinajstić information content (AvgIpc) is 2.01. The summed E-state index contributed by atoms with van der Waals surface area (Å²) in [4.78, 5) is 0. The van der Waals surface area contributed by atoms with E-state index in [1.807, 2.05) is 0 Å². The molecule has 62 valence electrons. The Hall–Kier alpha value is 0.130. The standard InChI is InChI=1S/C8H12INO/c9-7-2-1-3-8(6-7)10-4-5-11/h1-3,8,10-11H,4-6H2. The molecule has 0 aromatic carbocycles. The summed E-state index contributed by atoms with van der Waals surface area (Å²) in [5.74, 6) is 0. The molecule has 1 aliphatic carbocycles. The fourth-order valence-corrected chi connectivity index (χ4v) is 1.71. The van der Waals surface area contributed by atoms with E-state index in [0.29, 0.717) is 12.6 Å². The maximum Gasteiger partial charge on any atom is 0.0556 e. The summed E-state index contributed by atoms with van der Waals surface area (Å²) in [6, 6.07) is 0.416. The fourth-order valence-electron chi connectivity index (χ4n) is 1.03. The molecule has 1 rings (SSSR count). The lowest BCUT2D eigenvalue weighted by atomic mass is 10.1. The van der Waals surface area contributed by atoms with Crippen LogP contribution in [0.4, 0.5) is 0 Å². The van der Waals surface area contributed by atoms with Gasteiger partial charge in [-0.05, 0) is 32.6 Å². The highest BCUT2D eigenvalue weighted by atomic mass is 127. The molecule has 0 aliphatic heterocycles. The maximum absolute atomic E-state index is 8.56. The summed E-state index contributed by atoms with van der Waals surface area (Å²) in [7, 11) is 0. The molecule has 0 radical (unpaired) electrons. The molecule has 0 saturated carbocycles. The molecule has 3 heteroatoms. The van der Waals surface area contributed by atoms with E-state index in [4.69, 9.17) is 5.11 Å². The van der Waals surface area contributed by atoms with Crippen LogP contribution in [0.25, 0.3) is 0 Å². The zero-order valence-electron chi connectivity index (χ0n) is 6.26. The summed E-state index contributed by atoms with van der Waals surface area (Å²) in [5.41, 5.74) is 0. The normalized spacial score (nSPS) is 23.5. The lowest BCUT2D eigenvalue weighted by Crippen LogP contribution is -2.30. The van der Waals surface area contributed by atoms with Gasteiger partial charge in [0.25, 0.3) is 0 Å². The van der Waals surface area contributed by atoms with Gasteiger partial charge in [0.2, 0.25) is 0 Å². The predicted octanol–water partition coefficient (Wildman–Crippen LogP) is 1.22. The van der Waals surface area contributed by atoms with Crippen LogP contribution in [0.3, 0.4) is 0 Å². The first-order valence-corrected chi connectivity index (χ1v) is 4.78. The molecule has 2 N–H and O–H groups in total. The number of rotatable bonds is 3. The second-order valence-corrected chi connectivity index (χ2v) is 3.87. The zero-order valence-corrected chi connectivity index (χ0v) is 8.41. The monoisotopic (exact) mass is 265 g/mol. The molecule has 1 aliphatic rings. The van der Waals surface area contributed by atoms with Crippen molar-refractivity contribution in [3.05, 3.63) is 21.8 Å². The second kappa shape index (κ2) is 4.90. The predicted molar refractivity (Wildman–Crippen MR) is 54.7 cm³/mol. The van der Waals surface area contributed by atoms with E-state index in [0.717, 1.165) is 6.42 Å². The SMILES string of the molecule is OCCNC1C=CC=C(I)C1. The van der Waals surface area contributed by atoms with Crippen molar-refractivity contribution in [2.24, 2.45) is 0 Å². The molecule has 0 bridgehead atoms. The van der Waals surface area contributed by atoms with Crippen LogP contribution in [0.2, 0.25) is 0 Å². The van der Waals surface area contributed by atoms with E-state index in [2.05, 4.69) is 46.1 Å². The first-order valence-electron chi connectivity index (χ1n) is 3.70. The van der Waals surface area contributed by atoms with Crippen molar-refractivity contribution >= 4 is 22.6 Å². The number of halogens is 1. The van der Waals surface area contributed by atoms with Crippen molar-refractivity contribution in [2.75, 3.05) is 13.2 Å². The Morgan fingerprint density at radius 1 is 1.73 bits per heavy atom. The van der Waals surface area contributed by atoms with Gasteiger partial charge in [-0.15, -0.1) is 0 Å². The van der Waals surface area contributed by atoms with E-state index in [1.165, 1.54) is 3.58 Å². The Bertz CT molecular complexity index is 177. The first kappa shape index (κ1) is 9.22. The highest BCUT2D eigenvalue weighted by Crippen LogP contribution is 2.18. The Kier molecular flexibility index (Phi) is 4.11. The third-order valence-electron chi connectivity index (χ3n) is 1.55. The number of hydrogen-bond donors (Lipinski definition) is 2. The van der Waals surface area contributed by atoms with Crippen molar-refractivity contribution < 1.29 is 5.11 Å². The molecule has 1 unspecified atom stereocenters. The Labute approximate surface area is 80.5 Å². The summed E-state index contributed by atoms with van der Waals surface area (Å²) in [5, 5.41) is 11.8. The first-order chi connectivity index (χ1) is 5.33. The molecule has 0 aromatic heterocycles. The van der Waals surface area contributed by atoms with Gasteiger partial charge in [-0.1, -0.05) is 18.2 Å². The van der Waals surface area contributed by atoms with Crippen LogP contribution in [-0.2, 0) is 0 Å². The lowest BCUT2D eigenvalue weighted by molar-refractivity contribution is 0.288. The molecule has 11 heavy (non-hydrogen) atoms. The fraction of sp³-hybridized carbons (Fsp3) is 0.500. The molecular weight excluding hydrogens is 253 g/mol. The number of allylic oxidation sites excluding steroid dienone is 2. The number of aliphatic hydroxyl groups is 1. The smallest absolute Gasteiger partial charge is 0.0556 e. The molecule has 2 nitrogen and oxygen atoms in total. The summed E-state index contributed by atoms with van der Waals surface area (Å²) < 4.78 is 1.36. The van der Waals surface area contributed by atoms with Crippen LogP contribution in [-0.4, -0.2) is 24.3 Å². The van der Waals surface area contributed by atoms with Gasteiger partial charge in [-0.3, -0.25) is 0 Å². The van der Waals surface area contributed by atoms with Crippen LogP contribution in [0.15, 0.2) is 21.8 Å². The Balaban J connectivity index is 2.28. The third-order valence-corrected chi connectivity index (χ3v) is 2.35. The van der Waals surface area contributed by atoms with Gasteiger partial charge in [0.15, 0.2) is 0 Å². The Morgan fingerprint density at radius 3 is 3.18 bits per heavy atom. The van der Waals surface area contributed by atoms with E-state index in [9.17, 15) is 0 Å². The third kappa shape index (κ3) is 3.35. The number of hydrogen-bond acceptors (Lipinski definition) is 2. The van der Waals surface area contributed by atoms with Gasteiger partial charge in [0.1, 0.15) is 0 Å². The van der Waals surface area contributed by atoms with Crippen LogP contribution < -0.4 is 5.32 Å².